The van der Waals surface area contributed by atoms with Crippen molar-refractivity contribution in [2.24, 2.45) is 23.2 Å². The van der Waals surface area contributed by atoms with E-state index in [4.69, 9.17) is 11.6 Å². The topological polar surface area (TPSA) is 17.0 Å². The number of para-hydroxylation sites is 1. The lowest BCUT2D eigenvalue weighted by Gasteiger charge is -2.59. The zero-order valence-corrected chi connectivity index (χ0v) is 19.5. The number of benzene rings is 2. The SMILES string of the molecule is C[C@H](NCc1cn(Cc2c(F)cccc2Cl)c2ccccc12)C12CC3CC(CC(C3)C1)C2. The van der Waals surface area contributed by atoms with Gasteiger partial charge >= 0.3 is 0 Å². The van der Waals surface area contributed by atoms with E-state index in [1.807, 2.05) is 0 Å². The molecule has 168 valence electrons. The van der Waals surface area contributed by atoms with E-state index in [-0.39, 0.29) is 5.82 Å². The monoisotopic (exact) mass is 450 g/mol. The molecule has 1 atom stereocenters. The van der Waals surface area contributed by atoms with Gasteiger partial charge in [0.25, 0.3) is 0 Å². The van der Waals surface area contributed by atoms with Crippen molar-refractivity contribution in [3.8, 4) is 0 Å². The molecule has 0 unspecified atom stereocenters. The first-order valence-electron chi connectivity index (χ1n) is 12.2. The summed E-state index contributed by atoms with van der Waals surface area (Å²) in [6.45, 7) is 3.71. The van der Waals surface area contributed by atoms with Crippen LogP contribution in [0, 0.1) is 29.0 Å². The van der Waals surface area contributed by atoms with Gasteiger partial charge in [-0.25, -0.2) is 4.39 Å². The fourth-order valence-electron chi connectivity index (χ4n) is 7.64. The molecule has 4 aliphatic carbocycles. The Labute approximate surface area is 195 Å². The summed E-state index contributed by atoms with van der Waals surface area (Å²) < 4.78 is 16.6. The van der Waals surface area contributed by atoms with Crippen molar-refractivity contribution in [3.63, 3.8) is 0 Å². The summed E-state index contributed by atoms with van der Waals surface area (Å²) in [5.74, 6) is 2.67. The molecular weight excluding hydrogens is 419 g/mol. The van der Waals surface area contributed by atoms with Gasteiger partial charge in [-0.3, -0.25) is 0 Å². The molecule has 4 bridgehead atoms. The highest BCUT2D eigenvalue weighted by atomic mass is 35.5. The maximum absolute atomic E-state index is 14.4. The zero-order valence-electron chi connectivity index (χ0n) is 18.8. The molecule has 0 amide bonds. The second-order valence-corrected chi connectivity index (χ2v) is 11.3. The number of aromatic nitrogens is 1. The number of nitrogens with zero attached hydrogens (tertiary/aromatic N) is 1. The Morgan fingerprint density at radius 3 is 2.41 bits per heavy atom. The lowest BCUT2D eigenvalue weighted by atomic mass is 9.48. The van der Waals surface area contributed by atoms with Gasteiger partial charge in [0, 0.05) is 40.3 Å². The fraction of sp³-hybridized carbons (Fsp3) is 0.500. The summed E-state index contributed by atoms with van der Waals surface area (Å²) in [7, 11) is 0. The first kappa shape index (κ1) is 20.7. The molecule has 3 aromatic rings. The minimum atomic E-state index is -0.245. The average Bonchev–Trinajstić information content (AvgIpc) is 3.11. The van der Waals surface area contributed by atoms with Crippen molar-refractivity contribution in [3.05, 3.63) is 70.6 Å². The van der Waals surface area contributed by atoms with Gasteiger partial charge in [0.2, 0.25) is 0 Å². The van der Waals surface area contributed by atoms with Crippen molar-refractivity contribution in [1.82, 2.24) is 9.88 Å². The molecule has 4 aliphatic rings. The molecule has 32 heavy (non-hydrogen) atoms. The number of hydrogen-bond donors (Lipinski definition) is 1. The fourth-order valence-corrected chi connectivity index (χ4v) is 7.86. The minimum absolute atomic E-state index is 0.245. The smallest absolute Gasteiger partial charge is 0.129 e. The Kier molecular flexibility index (Phi) is 5.11. The first-order valence-corrected chi connectivity index (χ1v) is 12.6. The van der Waals surface area contributed by atoms with E-state index in [0.717, 1.165) is 29.8 Å². The van der Waals surface area contributed by atoms with Gasteiger partial charge in [-0.1, -0.05) is 35.9 Å². The maximum Gasteiger partial charge on any atom is 0.129 e. The van der Waals surface area contributed by atoms with E-state index in [0.29, 0.717) is 28.6 Å². The van der Waals surface area contributed by atoms with Crippen LogP contribution in [0.5, 0.6) is 0 Å². The van der Waals surface area contributed by atoms with Crippen molar-refractivity contribution >= 4 is 22.5 Å². The van der Waals surface area contributed by atoms with Gasteiger partial charge in [0.05, 0.1) is 6.54 Å². The number of halogens is 2. The molecular formula is C28H32ClFN2. The van der Waals surface area contributed by atoms with Crippen LogP contribution in [0.1, 0.15) is 56.6 Å². The quantitative estimate of drug-likeness (QED) is 0.421. The first-order chi connectivity index (χ1) is 15.5. The highest BCUT2D eigenvalue weighted by molar-refractivity contribution is 6.31. The van der Waals surface area contributed by atoms with Gasteiger partial charge in [0.15, 0.2) is 0 Å². The minimum Gasteiger partial charge on any atom is -0.343 e. The van der Waals surface area contributed by atoms with Gasteiger partial charge < -0.3 is 9.88 Å². The van der Waals surface area contributed by atoms with Crippen LogP contribution < -0.4 is 5.32 Å². The lowest BCUT2D eigenvalue weighted by molar-refractivity contribution is -0.0706. The zero-order chi connectivity index (χ0) is 21.9. The van der Waals surface area contributed by atoms with Gasteiger partial charge in [-0.05, 0) is 92.4 Å². The third-order valence-corrected chi connectivity index (χ3v) is 9.22. The molecule has 2 nitrogen and oxygen atoms in total. The van der Waals surface area contributed by atoms with Gasteiger partial charge in [-0.15, -0.1) is 0 Å². The van der Waals surface area contributed by atoms with Crippen molar-refractivity contribution in [1.29, 1.82) is 0 Å². The van der Waals surface area contributed by atoms with E-state index in [1.54, 1.807) is 12.1 Å². The van der Waals surface area contributed by atoms with Crippen LogP contribution in [0.25, 0.3) is 10.9 Å². The largest absolute Gasteiger partial charge is 0.343 e. The average molecular weight is 451 g/mol. The molecule has 0 aliphatic heterocycles. The maximum atomic E-state index is 14.4. The van der Waals surface area contributed by atoms with E-state index in [9.17, 15) is 4.39 Å². The third kappa shape index (κ3) is 3.49. The van der Waals surface area contributed by atoms with Crippen LogP contribution >= 0.6 is 11.6 Å². The van der Waals surface area contributed by atoms with Gasteiger partial charge in [0.1, 0.15) is 5.82 Å². The molecule has 7 rings (SSSR count). The molecule has 1 aromatic heterocycles. The Morgan fingerprint density at radius 2 is 1.72 bits per heavy atom. The van der Waals surface area contributed by atoms with Crippen LogP contribution in [-0.2, 0) is 13.1 Å². The molecule has 0 spiro atoms. The molecule has 4 heteroatoms. The summed E-state index contributed by atoms with van der Waals surface area (Å²) in [5, 5.41) is 5.66. The second kappa shape index (κ2) is 7.88. The van der Waals surface area contributed by atoms with E-state index in [1.165, 1.54) is 55.5 Å². The summed E-state index contributed by atoms with van der Waals surface area (Å²) in [6, 6.07) is 13.9. The van der Waals surface area contributed by atoms with Gasteiger partial charge in [-0.2, -0.15) is 0 Å². The summed E-state index contributed by atoms with van der Waals surface area (Å²) >= 11 is 6.32. The third-order valence-electron chi connectivity index (χ3n) is 8.86. The highest BCUT2D eigenvalue weighted by Gasteiger charge is 2.52. The molecule has 1 heterocycles. The predicted octanol–water partition coefficient (Wildman–Crippen LogP) is 7.18. The molecule has 1 N–H and O–H groups in total. The number of fused-ring (bicyclic) bond motifs is 1. The van der Waals surface area contributed by atoms with Crippen LogP contribution in [0.15, 0.2) is 48.7 Å². The second-order valence-electron chi connectivity index (χ2n) is 10.9. The molecule has 0 saturated heterocycles. The number of hydrogen-bond acceptors (Lipinski definition) is 1. The number of rotatable bonds is 6. The Balaban J connectivity index is 1.24. The van der Waals surface area contributed by atoms with Crippen molar-refractivity contribution in [2.75, 3.05) is 0 Å². The normalized spacial score (nSPS) is 29.7. The van der Waals surface area contributed by atoms with Crippen LogP contribution in [0.3, 0.4) is 0 Å². The summed E-state index contributed by atoms with van der Waals surface area (Å²) in [4.78, 5) is 0. The van der Waals surface area contributed by atoms with E-state index in [2.05, 4.69) is 47.3 Å². The lowest BCUT2D eigenvalue weighted by Crippen LogP contribution is -2.54. The Bertz CT molecular complexity index is 1090. The molecule has 2 aromatic carbocycles. The van der Waals surface area contributed by atoms with Crippen LogP contribution in [0.4, 0.5) is 4.39 Å². The van der Waals surface area contributed by atoms with Crippen LogP contribution in [0.2, 0.25) is 5.02 Å². The molecule has 0 radical (unpaired) electrons. The van der Waals surface area contributed by atoms with Crippen molar-refractivity contribution < 1.29 is 4.39 Å². The Hall–Kier alpha value is -1.84. The van der Waals surface area contributed by atoms with Crippen molar-refractivity contribution in [2.45, 2.75) is 64.6 Å². The summed E-state index contributed by atoms with van der Waals surface area (Å²) in [5.41, 5.74) is 3.46. The molecule has 4 saturated carbocycles. The number of nitrogens with one attached hydrogen (secondary N) is 1. The highest BCUT2D eigenvalue weighted by Crippen LogP contribution is 2.61. The predicted molar refractivity (Wildman–Crippen MR) is 129 cm³/mol. The summed E-state index contributed by atoms with van der Waals surface area (Å²) in [6.07, 6.45) is 10.9. The van der Waals surface area contributed by atoms with E-state index < -0.39 is 0 Å². The standard InChI is InChI=1S/C28H32ClFN2/c1-18(28-12-19-9-20(13-28)11-21(10-19)14-28)31-15-22-16-32(27-8-3-2-5-23(22)27)17-24-25(29)6-4-7-26(24)30/h2-8,16,18-21,31H,9-15,17H2,1H3/t18-,19?,20?,21?,28?/m0/s1. The Morgan fingerprint density at radius 1 is 1.03 bits per heavy atom. The van der Waals surface area contributed by atoms with Crippen LogP contribution in [-0.4, -0.2) is 10.6 Å². The van der Waals surface area contributed by atoms with E-state index >= 15 is 0 Å². The molecule has 4 fully saturated rings.